The topological polar surface area (TPSA) is 26.0 Å². The van der Waals surface area contributed by atoms with Crippen LogP contribution in [0.1, 0.15) is 11.6 Å². The molecule has 0 aliphatic rings. The van der Waals surface area contributed by atoms with Crippen molar-refractivity contribution in [2.45, 2.75) is 6.04 Å². The lowest BCUT2D eigenvalue weighted by molar-refractivity contribution is 0.437. The Labute approximate surface area is 92.4 Å². The summed E-state index contributed by atoms with van der Waals surface area (Å²) in [6.45, 7) is -0.663. The van der Waals surface area contributed by atoms with E-state index in [1.54, 1.807) is 18.2 Å². The number of hydrogen-bond acceptors (Lipinski definition) is 1. The highest BCUT2D eigenvalue weighted by Crippen LogP contribution is 2.28. The molecule has 0 fully saturated rings. The third kappa shape index (κ3) is 2.99. The van der Waals surface area contributed by atoms with Crippen LogP contribution >= 0.6 is 35.6 Å². The maximum absolute atomic E-state index is 12.2. The Kier molecular flexibility index (Phi) is 5.65. The molecule has 0 aromatic heterocycles. The molecule has 0 bridgehead atoms. The highest BCUT2D eigenvalue weighted by Gasteiger charge is 2.12. The van der Waals surface area contributed by atoms with E-state index in [2.05, 4.69) is 0 Å². The largest absolute Gasteiger partial charge is 0.322 e. The number of halogens is 4. The molecule has 0 aliphatic heterocycles. The van der Waals surface area contributed by atoms with E-state index in [1.165, 1.54) is 0 Å². The van der Waals surface area contributed by atoms with Crippen LogP contribution in [0.4, 0.5) is 4.39 Å². The predicted octanol–water partition coefficient (Wildman–Crippen LogP) is 3.38. The molecule has 13 heavy (non-hydrogen) atoms. The number of alkyl halides is 1. The van der Waals surface area contributed by atoms with E-state index in [0.29, 0.717) is 15.6 Å². The molecule has 1 atom stereocenters. The Morgan fingerprint density at radius 1 is 1.31 bits per heavy atom. The first-order valence-electron chi connectivity index (χ1n) is 3.42. The van der Waals surface area contributed by atoms with Gasteiger partial charge in [0, 0.05) is 15.6 Å². The van der Waals surface area contributed by atoms with E-state index in [9.17, 15) is 4.39 Å². The van der Waals surface area contributed by atoms with Crippen molar-refractivity contribution in [1.82, 2.24) is 0 Å². The van der Waals surface area contributed by atoms with Gasteiger partial charge in [-0.1, -0.05) is 29.3 Å². The highest BCUT2D eigenvalue weighted by molar-refractivity contribution is 6.36. The van der Waals surface area contributed by atoms with Crippen LogP contribution in [0.3, 0.4) is 0 Å². The van der Waals surface area contributed by atoms with Crippen LogP contribution in [0, 0.1) is 0 Å². The number of rotatable bonds is 2. The second-order valence-corrected chi connectivity index (χ2v) is 3.21. The third-order valence-electron chi connectivity index (χ3n) is 1.54. The van der Waals surface area contributed by atoms with Crippen LogP contribution in [0.15, 0.2) is 18.2 Å². The number of hydrogen-bond donors (Lipinski definition) is 1. The summed E-state index contributed by atoms with van der Waals surface area (Å²) in [5.74, 6) is 0. The minimum atomic E-state index is -0.730. The summed E-state index contributed by atoms with van der Waals surface area (Å²) in [4.78, 5) is 0. The molecule has 0 saturated carbocycles. The van der Waals surface area contributed by atoms with Gasteiger partial charge in [0.1, 0.15) is 6.67 Å². The Bertz CT molecular complexity index is 260. The zero-order valence-corrected chi connectivity index (χ0v) is 8.96. The summed E-state index contributed by atoms with van der Waals surface area (Å²) in [7, 11) is 0. The molecular weight excluding hydrogens is 235 g/mol. The molecule has 5 heteroatoms. The Hall–Kier alpha value is -0.0200. The van der Waals surface area contributed by atoms with Crippen molar-refractivity contribution in [2.75, 3.05) is 6.67 Å². The van der Waals surface area contributed by atoms with Gasteiger partial charge in [-0.2, -0.15) is 0 Å². The quantitative estimate of drug-likeness (QED) is 0.848. The van der Waals surface area contributed by atoms with Gasteiger partial charge in [-0.15, -0.1) is 12.4 Å². The van der Waals surface area contributed by atoms with Gasteiger partial charge in [0.05, 0.1) is 6.04 Å². The zero-order valence-electron chi connectivity index (χ0n) is 6.64. The van der Waals surface area contributed by atoms with Crippen LogP contribution in [-0.4, -0.2) is 6.67 Å². The lowest BCUT2D eigenvalue weighted by Gasteiger charge is -2.10. The molecule has 2 N–H and O–H groups in total. The standard InChI is InChI=1S/C8H8Cl2FN.ClH/c9-5-2-1-3-6(10)8(5)7(12)4-11;/h1-3,7H,4,12H2;1H/t7-;/m0./s1. The van der Waals surface area contributed by atoms with Gasteiger partial charge in [0.25, 0.3) is 0 Å². The molecular formula is C8H9Cl3FN. The third-order valence-corrected chi connectivity index (χ3v) is 2.20. The summed E-state index contributed by atoms with van der Waals surface area (Å²) in [6.07, 6.45) is 0. The number of benzene rings is 1. The maximum Gasteiger partial charge on any atom is 0.109 e. The summed E-state index contributed by atoms with van der Waals surface area (Å²) < 4.78 is 12.2. The van der Waals surface area contributed by atoms with Gasteiger partial charge in [0.2, 0.25) is 0 Å². The lowest BCUT2D eigenvalue weighted by atomic mass is 10.1. The molecule has 1 aromatic rings. The Morgan fingerprint density at radius 2 is 1.77 bits per heavy atom. The summed E-state index contributed by atoms with van der Waals surface area (Å²) in [5.41, 5.74) is 5.93. The molecule has 0 radical (unpaired) electrons. The van der Waals surface area contributed by atoms with E-state index in [4.69, 9.17) is 28.9 Å². The zero-order chi connectivity index (χ0) is 9.14. The van der Waals surface area contributed by atoms with Gasteiger partial charge >= 0.3 is 0 Å². The monoisotopic (exact) mass is 243 g/mol. The van der Waals surface area contributed by atoms with E-state index in [-0.39, 0.29) is 12.4 Å². The molecule has 74 valence electrons. The Morgan fingerprint density at radius 3 is 2.15 bits per heavy atom. The molecule has 0 spiro atoms. The van der Waals surface area contributed by atoms with Crippen LogP contribution in [0.5, 0.6) is 0 Å². The lowest BCUT2D eigenvalue weighted by Crippen LogP contribution is -2.13. The van der Waals surface area contributed by atoms with Crippen molar-refractivity contribution in [3.05, 3.63) is 33.8 Å². The minimum Gasteiger partial charge on any atom is -0.322 e. The first-order chi connectivity index (χ1) is 5.66. The van der Waals surface area contributed by atoms with Gasteiger partial charge in [-0.3, -0.25) is 0 Å². The number of nitrogens with two attached hydrogens (primary N) is 1. The molecule has 0 heterocycles. The van der Waals surface area contributed by atoms with Crippen molar-refractivity contribution >= 4 is 35.6 Å². The highest BCUT2D eigenvalue weighted by atomic mass is 35.5. The van der Waals surface area contributed by atoms with Crippen LogP contribution in [-0.2, 0) is 0 Å². The SMILES string of the molecule is Cl.N[C@@H](CF)c1c(Cl)cccc1Cl. The summed E-state index contributed by atoms with van der Waals surface area (Å²) >= 11 is 11.5. The summed E-state index contributed by atoms with van der Waals surface area (Å²) in [6, 6.07) is 4.24. The fraction of sp³-hybridized carbons (Fsp3) is 0.250. The van der Waals surface area contributed by atoms with Gasteiger partial charge in [-0.25, -0.2) is 4.39 Å². The minimum absolute atomic E-state index is 0. The van der Waals surface area contributed by atoms with E-state index in [1.807, 2.05) is 0 Å². The molecule has 0 amide bonds. The molecule has 0 aliphatic carbocycles. The first kappa shape index (κ1) is 13.0. The molecule has 0 unspecified atom stereocenters. The van der Waals surface area contributed by atoms with E-state index < -0.39 is 12.7 Å². The Balaban J connectivity index is 0.00000144. The van der Waals surface area contributed by atoms with Crippen LogP contribution < -0.4 is 5.73 Å². The van der Waals surface area contributed by atoms with Crippen molar-refractivity contribution in [2.24, 2.45) is 5.73 Å². The fourth-order valence-corrected chi connectivity index (χ4v) is 1.62. The van der Waals surface area contributed by atoms with Gasteiger partial charge < -0.3 is 5.73 Å². The van der Waals surface area contributed by atoms with Crippen molar-refractivity contribution in [3.8, 4) is 0 Å². The molecule has 1 rings (SSSR count). The molecule has 1 nitrogen and oxygen atoms in total. The maximum atomic E-state index is 12.2. The normalized spacial score (nSPS) is 12.0. The van der Waals surface area contributed by atoms with Crippen LogP contribution in [0.2, 0.25) is 10.0 Å². The molecule has 1 aromatic carbocycles. The molecule has 0 saturated heterocycles. The van der Waals surface area contributed by atoms with Gasteiger partial charge in [0.15, 0.2) is 0 Å². The second-order valence-electron chi connectivity index (χ2n) is 2.40. The van der Waals surface area contributed by atoms with Crippen molar-refractivity contribution in [1.29, 1.82) is 0 Å². The van der Waals surface area contributed by atoms with E-state index in [0.717, 1.165) is 0 Å². The van der Waals surface area contributed by atoms with Crippen molar-refractivity contribution < 1.29 is 4.39 Å². The van der Waals surface area contributed by atoms with Gasteiger partial charge in [-0.05, 0) is 12.1 Å². The first-order valence-corrected chi connectivity index (χ1v) is 4.18. The summed E-state index contributed by atoms with van der Waals surface area (Å²) in [5, 5.41) is 0.820. The fourth-order valence-electron chi connectivity index (χ4n) is 0.942. The average Bonchev–Trinajstić information content (AvgIpc) is 2.03. The average molecular weight is 245 g/mol. The smallest absolute Gasteiger partial charge is 0.109 e. The predicted molar refractivity (Wildman–Crippen MR) is 56.6 cm³/mol. The van der Waals surface area contributed by atoms with Crippen molar-refractivity contribution in [3.63, 3.8) is 0 Å². The second kappa shape index (κ2) is 5.66. The van der Waals surface area contributed by atoms with Crippen LogP contribution in [0.25, 0.3) is 0 Å². The van der Waals surface area contributed by atoms with E-state index >= 15 is 0 Å².